The van der Waals surface area contributed by atoms with Crippen LogP contribution in [0.5, 0.6) is 0 Å². The summed E-state index contributed by atoms with van der Waals surface area (Å²) in [5, 5.41) is 6.20. The molecule has 0 bridgehead atoms. The van der Waals surface area contributed by atoms with Crippen molar-refractivity contribution in [1.29, 1.82) is 0 Å². The van der Waals surface area contributed by atoms with E-state index in [1.165, 1.54) is 7.11 Å². The van der Waals surface area contributed by atoms with Gasteiger partial charge in [0.05, 0.1) is 13.5 Å². The molecular weight excluding hydrogens is 196 g/mol. The van der Waals surface area contributed by atoms with Crippen LogP contribution >= 0.6 is 12.4 Å². The van der Waals surface area contributed by atoms with E-state index < -0.39 is 0 Å². The number of nitrogens with zero attached hydrogens (tertiary/aromatic N) is 2. The van der Waals surface area contributed by atoms with E-state index in [1.807, 2.05) is 0 Å². The van der Waals surface area contributed by atoms with Crippen molar-refractivity contribution in [2.45, 2.75) is 12.8 Å². The molecule has 0 radical (unpaired) electrons. The molecule has 0 aliphatic rings. The summed E-state index contributed by atoms with van der Waals surface area (Å²) in [6, 6.07) is 0. The Labute approximate surface area is 81.3 Å². The Morgan fingerprint density at radius 3 is 2.85 bits per heavy atom. The second kappa shape index (κ2) is 5.36. The Bertz CT molecular complexity index is 275. The number of carbonyl (C=O) groups is 1. The fraction of sp³-hybridized carbons (Fsp3) is 0.500. The third kappa shape index (κ3) is 3.75. The van der Waals surface area contributed by atoms with Crippen molar-refractivity contribution in [3.63, 3.8) is 0 Å². The fourth-order valence-electron chi connectivity index (χ4n) is 0.744. The van der Waals surface area contributed by atoms with Gasteiger partial charge in [0, 0.05) is 6.42 Å². The zero-order chi connectivity index (χ0) is 8.97. The lowest BCUT2D eigenvalue weighted by Crippen LogP contribution is -2.02. The monoisotopic (exact) mass is 206 g/mol. The molecule has 1 aromatic rings. The quantitative estimate of drug-likeness (QED) is 0.675. The Hall–Kier alpha value is -1.30. The van der Waals surface area contributed by atoms with E-state index in [0.717, 1.165) is 0 Å². The van der Waals surface area contributed by atoms with Crippen molar-refractivity contribution in [3.8, 4) is 0 Å². The molecule has 0 saturated heterocycles. The van der Waals surface area contributed by atoms with Crippen LogP contribution in [0.1, 0.15) is 12.2 Å². The molecule has 13 heavy (non-hydrogen) atoms. The van der Waals surface area contributed by atoms with Gasteiger partial charge in [0.25, 0.3) is 0 Å². The molecule has 1 heterocycles. The molecule has 74 valence electrons. The van der Waals surface area contributed by atoms with E-state index in [9.17, 15) is 4.79 Å². The number of nitrogens with two attached hydrogens (primary N) is 1. The van der Waals surface area contributed by atoms with E-state index in [2.05, 4.69) is 19.9 Å². The minimum Gasteiger partial charge on any atom is -0.469 e. The summed E-state index contributed by atoms with van der Waals surface area (Å²) in [4.78, 5) is 14.5. The molecular formula is C6H11ClN4O2. The normalized spacial score (nSPS) is 9.00. The zero-order valence-corrected chi connectivity index (χ0v) is 7.93. The van der Waals surface area contributed by atoms with E-state index in [-0.39, 0.29) is 30.7 Å². The van der Waals surface area contributed by atoms with E-state index in [0.29, 0.717) is 12.2 Å². The number of carbonyl (C=O) groups excluding carboxylic acids is 1. The van der Waals surface area contributed by atoms with Crippen LogP contribution in [0.25, 0.3) is 0 Å². The maximum atomic E-state index is 10.7. The van der Waals surface area contributed by atoms with E-state index >= 15 is 0 Å². The first-order valence-corrected chi connectivity index (χ1v) is 3.46. The number of esters is 1. The molecule has 0 spiro atoms. The van der Waals surface area contributed by atoms with Gasteiger partial charge in [0.15, 0.2) is 0 Å². The van der Waals surface area contributed by atoms with Gasteiger partial charge in [-0.25, -0.2) is 0 Å². The lowest BCUT2D eigenvalue weighted by Gasteiger charge is -1.94. The maximum absolute atomic E-state index is 10.7. The Balaban J connectivity index is 0.00000144. The Morgan fingerprint density at radius 1 is 1.69 bits per heavy atom. The summed E-state index contributed by atoms with van der Waals surface area (Å²) in [5.41, 5.74) is 5.25. The third-order valence-electron chi connectivity index (χ3n) is 1.34. The van der Waals surface area contributed by atoms with Gasteiger partial charge in [0.2, 0.25) is 5.95 Å². The minimum absolute atomic E-state index is 0. The second-order valence-corrected chi connectivity index (χ2v) is 2.22. The standard InChI is InChI=1S/C6H10N4O2.ClH/c1-12-5(11)3-2-4-8-6(7)10-9-4;/h2-3H2,1H3,(H3,7,8,9,10);1H. The van der Waals surface area contributed by atoms with Crippen LogP contribution in [0.4, 0.5) is 5.95 Å². The van der Waals surface area contributed by atoms with Gasteiger partial charge in [-0.15, -0.1) is 17.5 Å². The molecule has 0 saturated carbocycles. The van der Waals surface area contributed by atoms with Crippen molar-refractivity contribution in [1.82, 2.24) is 15.2 Å². The van der Waals surface area contributed by atoms with Gasteiger partial charge >= 0.3 is 5.97 Å². The van der Waals surface area contributed by atoms with Crippen molar-refractivity contribution in [2.75, 3.05) is 12.8 Å². The van der Waals surface area contributed by atoms with Gasteiger partial charge in [-0.1, -0.05) is 0 Å². The number of rotatable bonds is 3. The molecule has 0 aliphatic heterocycles. The van der Waals surface area contributed by atoms with Crippen molar-refractivity contribution < 1.29 is 9.53 Å². The predicted molar refractivity (Wildman–Crippen MR) is 48.4 cm³/mol. The number of ether oxygens (including phenoxy) is 1. The van der Waals surface area contributed by atoms with Gasteiger partial charge < -0.3 is 10.5 Å². The van der Waals surface area contributed by atoms with Gasteiger partial charge in [-0.05, 0) is 0 Å². The first-order chi connectivity index (χ1) is 5.72. The lowest BCUT2D eigenvalue weighted by molar-refractivity contribution is -0.140. The van der Waals surface area contributed by atoms with Gasteiger partial charge in [-0.2, -0.15) is 4.98 Å². The van der Waals surface area contributed by atoms with Crippen LogP contribution in [0.3, 0.4) is 0 Å². The Kier molecular flexibility index (Phi) is 4.83. The number of nitrogens with one attached hydrogen (secondary N) is 1. The van der Waals surface area contributed by atoms with Crippen LogP contribution in [0.15, 0.2) is 0 Å². The zero-order valence-electron chi connectivity index (χ0n) is 7.11. The molecule has 0 amide bonds. The van der Waals surface area contributed by atoms with E-state index in [4.69, 9.17) is 5.73 Å². The SMILES string of the molecule is COC(=O)CCc1nc(N)n[nH]1.Cl. The first kappa shape index (κ1) is 11.7. The van der Waals surface area contributed by atoms with Crippen LogP contribution in [0, 0.1) is 0 Å². The average Bonchev–Trinajstić information content (AvgIpc) is 2.47. The number of methoxy groups -OCH3 is 1. The molecule has 7 heteroatoms. The maximum Gasteiger partial charge on any atom is 0.305 e. The number of H-pyrrole nitrogens is 1. The highest BCUT2D eigenvalue weighted by Crippen LogP contribution is 1.97. The Morgan fingerprint density at radius 2 is 2.38 bits per heavy atom. The molecule has 1 aromatic heterocycles. The first-order valence-electron chi connectivity index (χ1n) is 3.46. The lowest BCUT2D eigenvalue weighted by atomic mass is 10.3. The molecule has 0 unspecified atom stereocenters. The number of aromatic amines is 1. The molecule has 3 N–H and O–H groups in total. The molecule has 0 atom stereocenters. The summed E-state index contributed by atoms with van der Waals surface area (Å²) in [6.45, 7) is 0. The molecule has 6 nitrogen and oxygen atoms in total. The topological polar surface area (TPSA) is 93.9 Å². The number of nitrogen functional groups attached to an aromatic ring is 1. The average molecular weight is 207 g/mol. The minimum atomic E-state index is -0.273. The second-order valence-electron chi connectivity index (χ2n) is 2.22. The number of halogens is 1. The molecule has 1 rings (SSSR count). The summed E-state index contributed by atoms with van der Waals surface area (Å²) < 4.78 is 4.45. The summed E-state index contributed by atoms with van der Waals surface area (Å²) in [7, 11) is 1.34. The van der Waals surface area contributed by atoms with Crippen molar-refractivity contribution in [3.05, 3.63) is 5.82 Å². The highest BCUT2D eigenvalue weighted by atomic mass is 35.5. The molecule has 0 aliphatic carbocycles. The fourth-order valence-corrected chi connectivity index (χ4v) is 0.744. The highest BCUT2D eigenvalue weighted by molar-refractivity contribution is 5.85. The number of hydrogen-bond donors (Lipinski definition) is 2. The van der Waals surface area contributed by atoms with Crippen LogP contribution in [-0.4, -0.2) is 28.3 Å². The van der Waals surface area contributed by atoms with Crippen LogP contribution < -0.4 is 5.73 Å². The third-order valence-corrected chi connectivity index (χ3v) is 1.34. The molecule has 0 aromatic carbocycles. The van der Waals surface area contributed by atoms with Crippen molar-refractivity contribution in [2.24, 2.45) is 0 Å². The van der Waals surface area contributed by atoms with Crippen LogP contribution in [0.2, 0.25) is 0 Å². The largest absolute Gasteiger partial charge is 0.469 e. The number of aryl methyl sites for hydroxylation is 1. The number of aromatic nitrogens is 3. The summed E-state index contributed by atoms with van der Waals surface area (Å²) >= 11 is 0. The summed E-state index contributed by atoms with van der Waals surface area (Å²) in [6.07, 6.45) is 0.752. The summed E-state index contributed by atoms with van der Waals surface area (Å²) in [5.74, 6) is 0.512. The molecule has 0 fully saturated rings. The predicted octanol–water partition coefficient (Wildman–Crippen LogP) is -0.0857. The van der Waals surface area contributed by atoms with Crippen molar-refractivity contribution >= 4 is 24.3 Å². The number of hydrogen-bond acceptors (Lipinski definition) is 5. The van der Waals surface area contributed by atoms with Crippen LogP contribution in [-0.2, 0) is 16.0 Å². The van der Waals surface area contributed by atoms with Gasteiger partial charge in [0.1, 0.15) is 5.82 Å². The number of anilines is 1. The smallest absolute Gasteiger partial charge is 0.305 e. The van der Waals surface area contributed by atoms with E-state index in [1.54, 1.807) is 0 Å². The highest BCUT2D eigenvalue weighted by Gasteiger charge is 2.04. The van der Waals surface area contributed by atoms with Gasteiger partial charge in [-0.3, -0.25) is 9.89 Å².